The first-order valence-electron chi connectivity index (χ1n) is 6.76. The number of nitrogens with one attached hydrogen (secondary N) is 1. The summed E-state index contributed by atoms with van der Waals surface area (Å²) in [6.45, 7) is 2.25. The Morgan fingerprint density at radius 1 is 1.37 bits per heavy atom. The van der Waals surface area contributed by atoms with Gasteiger partial charge in [-0.1, -0.05) is 0 Å². The SMILES string of the molecule is O=S1(=O)CCCN(c2ncc(CNC3CC3)s2)CC1. The number of sulfone groups is 1. The quantitative estimate of drug-likeness (QED) is 0.899. The third-order valence-electron chi connectivity index (χ3n) is 3.51. The van der Waals surface area contributed by atoms with Crippen molar-refractivity contribution in [2.24, 2.45) is 0 Å². The van der Waals surface area contributed by atoms with E-state index < -0.39 is 9.84 Å². The third-order valence-corrected chi connectivity index (χ3v) is 6.28. The number of nitrogens with zero attached hydrogens (tertiary/aromatic N) is 2. The molecule has 106 valence electrons. The van der Waals surface area contributed by atoms with Crippen LogP contribution in [0.2, 0.25) is 0 Å². The van der Waals surface area contributed by atoms with Crippen molar-refractivity contribution in [1.29, 1.82) is 0 Å². The lowest BCUT2D eigenvalue weighted by atomic mass is 10.4. The summed E-state index contributed by atoms with van der Waals surface area (Å²) < 4.78 is 23.2. The zero-order valence-electron chi connectivity index (χ0n) is 10.8. The summed E-state index contributed by atoms with van der Waals surface area (Å²) in [5, 5.41) is 4.43. The van der Waals surface area contributed by atoms with Gasteiger partial charge in [0.25, 0.3) is 0 Å². The number of anilines is 1. The van der Waals surface area contributed by atoms with Crippen molar-refractivity contribution in [2.45, 2.75) is 31.8 Å². The zero-order valence-corrected chi connectivity index (χ0v) is 12.5. The van der Waals surface area contributed by atoms with Crippen molar-refractivity contribution in [2.75, 3.05) is 29.5 Å². The van der Waals surface area contributed by atoms with Crippen LogP contribution in [0.25, 0.3) is 0 Å². The molecule has 7 heteroatoms. The van der Waals surface area contributed by atoms with E-state index in [9.17, 15) is 8.42 Å². The molecule has 1 aliphatic carbocycles. The normalized spacial score (nSPS) is 23.3. The molecule has 2 fully saturated rings. The van der Waals surface area contributed by atoms with Gasteiger partial charge < -0.3 is 10.2 Å². The third kappa shape index (κ3) is 3.67. The number of aromatic nitrogens is 1. The van der Waals surface area contributed by atoms with Crippen LogP contribution >= 0.6 is 11.3 Å². The van der Waals surface area contributed by atoms with Gasteiger partial charge in [0.1, 0.15) is 0 Å². The topological polar surface area (TPSA) is 62.3 Å². The van der Waals surface area contributed by atoms with Crippen LogP contribution in [0.15, 0.2) is 6.20 Å². The van der Waals surface area contributed by atoms with E-state index in [1.54, 1.807) is 11.3 Å². The molecule has 1 saturated heterocycles. The highest BCUT2D eigenvalue weighted by Crippen LogP contribution is 2.25. The summed E-state index contributed by atoms with van der Waals surface area (Å²) >= 11 is 1.68. The van der Waals surface area contributed by atoms with Crippen LogP contribution in [-0.4, -0.2) is 44.0 Å². The van der Waals surface area contributed by atoms with Crippen molar-refractivity contribution >= 4 is 26.3 Å². The van der Waals surface area contributed by atoms with Crippen LogP contribution in [0.1, 0.15) is 24.1 Å². The number of hydrogen-bond donors (Lipinski definition) is 1. The molecule has 5 nitrogen and oxygen atoms in total. The average molecular weight is 301 g/mol. The van der Waals surface area contributed by atoms with Crippen molar-refractivity contribution in [3.63, 3.8) is 0 Å². The van der Waals surface area contributed by atoms with Crippen molar-refractivity contribution in [3.8, 4) is 0 Å². The first-order valence-corrected chi connectivity index (χ1v) is 9.40. The van der Waals surface area contributed by atoms with E-state index in [0.717, 1.165) is 18.2 Å². The molecule has 3 rings (SSSR count). The minimum atomic E-state index is -2.84. The molecule has 0 amide bonds. The van der Waals surface area contributed by atoms with E-state index in [0.29, 0.717) is 24.8 Å². The molecular formula is C12H19N3O2S2. The smallest absolute Gasteiger partial charge is 0.185 e. The Balaban J connectivity index is 1.61. The Bertz CT molecular complexity index is 537. The fourth-order valence-corrected chi connectivity index (χ4v) is 4.37. The second-order valence-electron chi connectivity index (χ2n) is 5.26. The molecule has 19 heavy (non-hydrogen) atoms. The Hall–Kier alpha value is -0.660. The first kappa shape index (κ1) is 13.3. The van der Waals surface area contributed by atoms with Gasteiger partial charge in [-0.15, -0.1) is 11.3 Å². The molecule has 0 unspecified atom stereocenters. The fourth-order valence-electron chi connectivity index (χ4n) is 2.19. The Morgan fingerprint density at radius 2 is 2.21 bits per heavy atom. The zero-order chi connectivity index (χ0) is 13.3. The molecule has 2 heterocycles. The number of thiazole rings is 1. The first-order chi connectivity index (χ1) is 9.12. The van der Waals surface area contributed by atoms with Gasteiger partial charge in [-0.05, 0) is 19.3 Å². The number of hydrogen-bond acceptors (Lipinski definition) is 6. The maximum atomic E-state index is 11.6. The highest BCUT2D eigenvalue weighted by atomic mass is 32.2. The largest absolute Gasteiger partial charge is 0.347 e. The monoisotopic (exact) mass is 301 g/mol. The lowest BCUT2D eigenvalue weighted by Crippen LogP contribution is -2.26. The highest BCUT2D eigenvalue weighted by molar-refractivity contribution is 7.91. The predicted octanol–water partition coefficient (Wildman–Crippen LogP) is 1.02. The van der Waals surface area contributed by atoms with Gasteiger partial charge in [-0.3, -0.25) is 0 Å². The van der Waals surface area contributed by atoms with Crippen LogP contribution < -0.4 is 10.2 Å². The van der Waals surface area contributed by atoms with Crippen molar-refractivity contribution in [3.05, 3.63) is 11.1 Å². The van der Waals surface area contributed by atoms with Crippen molar-refractivity contribution in [1.82, 2.24) is 10.3 Å². The van der Waals surface area contributed by atoms with E-state index in [-0.39, 0.29) is 5.75 Å². The standard InChI is InChI=1S/C12H19N3O2S2/c16-19(17)6-1-4-15(5-7-19)12-14-9-11(18-12)8-13-10-2-3-10/h9-10,13H,1-8H2. The van der Waals surface area contributed by atoms with Gasteiger partial charge in [0.05, 0.1) is 11.5 Å². The molecule has 0 aromatic carbocycles. The Morgan fingerprint density at radius 3 is 3.00 bits per heavy atom. The molecular weight excluding hydrogens is 282 g/mol. The maximum absolute atomic E-state index is 11.6. The highest BCUT2D eigenvalue weighted by Gasteiger charge is 2.22. The second kappa shape index (κ2) is 5.38. The van der Waals surface area contributed by atoms with Crippen LogP contribution in [0.3, 0.4) is 0 Å². The average Bonchev–Trinajstić information content (AvgIpc) is 3.11. The Kier molecular flexibility index (Phi) is 3.77. The van der Waals surface area contributed by atoms with Crippen LogP contribution in [0, 0.1) is 0 Å². The molecule has 1 N–H and O–H groups in total. The van der Waals surface area contributed by atoms with Gasteiger partial charge in [-0.2, -0.15) is 0 Å². The molecule has 0 radical (unpaired) electrons. The fraction of sp³-hybridized carbons (Fsp3) is 0.750. The molecule has 1 saturated carbocycles. The van der Waals surface area contributed by atoms with Crippen LogP contribution in [0.4, 0.5) is 5.13 Å². The van der Waals surface area contributed by atoms with E-state index in [4.69, 9.17) is 0 Å². The molecule has 0 atom stereocenters. The lowest BCUT2D eigenvalue weighted by molar-refractivity contribution is 0.597. The summed E-state index contributed by atoms with van der Waals surface area (Å²) in [5.41, 5.74) is 0. The Labute approximate surface area is 117 Å². The van der Waals surface area contributed by atoms with Crippen LogP contribution in [0.5, 0.6) is 0 Å². The molecule has 2 aliphatic rings. The van der Waals surface area contributed by atoms with Gasteiger partial charge in [0, 0.05) is 36.8 Å². The summed E-state index contributed by atoms with van der Waals surface area (Å²) in [6.07, 6.45) is 5.19. The van der Waals surface area contributed by atoms with Gasteiger partial charge in [-0.25, -0.2) is 13.4 Å². The van der Waals surface area contributed by atoms with E-state index in [2.05, 4.69) is 15.2 Å². The summed E-state index contributed by atoms with van der Waals surface area (Å²) in [4.78, 5) is 7.77. The predicted molar refractivity (Wildman–Crippen MR) is 77.5 cm³/mol. The lowest BCUT2D eigenvalue weighted by Gasteiger charge is -2.17. The van der Waals surface area contributed by atoms with Gasteiger partial charge in [0.15, 0.2) is 15.0 Å². The minimum absolute atomic E-state index is 0.252. The van der Waals surface area contributed by atoms with E-state index in [1.165, 1.54) is 17.7 Å². The molecule has 1 aromatic heterocycles. The van der Waals surface area contributed by atoms with E-state index in [1.807, 2.05) is 6.20 Å². The van der Waals surface area contributed by atoms with Crippen LogP contribution in [-0.2, 0) is 16.4 Å². The number of rotatable bonds is 4. The summed E-state index contributed by atoms with van der Waals surface area (Å²) in [6, 6.07) is 0.703. The summed E-state index contributed by atoms with van der Waals surface area (Å²) in [7, 11) is -2.84. The van der Waals surface area contributed by atoms with Crippen molar-refractivity contribution < 1.29 is 8.42 Å². The molecule has 0 spiro atoms. The molecule has 1 aliphatic heterocycles. The second-order valence-corrected chi connectivity index (χ2v) is 8.65. The minimum Gasteiger partial charge on any atom is -0.347 e. The maximum Gasteiger partial charge on any atom is 0.185 e. The summed E-state index contributed by atoms with van der Waals surface area (Å²) in [5.74, 6) is 0.563. The van der Waals surface area contributed by atoms with E-state index >= 15 is 0 Å². The van der Waals surface area contributed by atoms with Gasteiger partial charge >= 0.3 is 0 Å². The molecule has 1 aromatic rings. The van der Waals surface area contributed by atoms with Gasteiger partial charge in [0.2, 0.25) is 0 Å². The molecule has 0 bridgehead atoms.